The Balaban J connectivity index is 2.20. The van der Waals surface area contributed by atoms with Crippen LogP contribution in [-0.4, -0.2) is 9.78 Å². The number of aryl methyl sites for hydroxylation is 1. The summed E-state index contributed by atoms with van der Waals surface area (Å²) in [5, 5.41) is 24.9. The van der Waals surface area contributed by atoms with Gasteiger partial charge in [-0.25, -0.2) is 4.68 Å². The van der Waals surface area contributed by atoms with E-state index in [9.17, 15) is 0 Å². The van der Waals surface area contributed by atoms with Crippen LogP contribution in [0.25, 0.3) is 5.69 Å². The summed E-state index contributed by atoms with van der Waals surface area (Å²) in [5.41, 5.74) is 2.45. The van der Waals surface area contributed by atoms with Crippen molar-refractivity contribution >= 4 is 17.3 Å². The molecule has 1 aromatic carbocycles. The minimum atomic E-state index is 0.0137. The third kappa shape index (κ3) is 2.97. The molecule has 0 spiro atoms. The third-order valence-electron chi connectivity index (χ3n) is 2.52. The van der Waals surface area contributed by atoms with Crippen LogP contribution in [0.2, 0.25) is 5.15 Å². The van der Waals surface area contributed by atoms with E-state index in [1.807, 2.05) is 31.2 Å². The molecule has 98 valence electrons. The molecule has 2 aromatic rings. The standard InChI is InChI=1S/C14H10ClN5/c1-10-6-14(15)20(19-10)13-4-2-12(3-5-13)18-9-11(7-16)8-17/h2-6,9,18H,1H3. The van der Waals surface area contributed by atoms with Crippen molar-refractivity contribution in [3.63, 3.8) is 0 Å². The molecule has 0 aliphatic heterocycles. The second-order valence-electron chi connectivity index (χ2n) is 3.99. The van der Waals surface area contributed by atoms with Crippen LogP contribution in [0.5, 0.6) is 0 Å². The van der Waals surface area contributed by atoms with Gasteiger partial charge in [-0.2, -0.15) is 15.6 Å². The highest BCUT2D eigenvalue weighted by Gasteiger charge is 2.04. The number of nitrogens with zero attached hydrogens (tertiary/aromatic N) is 4. The molecule has 0 saturated carbocycles. The molecule has 20 heavy (non-hydrogen) atoms. The van der Waals surface area contributed by atoms with E-state index in [1.165, 1.54) is 6.20 Å². The van der Waals surface area contributed by atoms with E-state index >= 15 is 0 Å². The molecule has 1 heterocycles. The number of nitriles is 2. The summed E-state index contributed by atoms with van der Waals surface area (Å²) < 4.78 is 1.63. The Hall–Kier alpha value is -2.76. The summed E-state index contributed by atoms with van der Waals surface area (Å²) in [5.74, 6) is 0. The predicted molar refractivity (Wildman–Crippen MR) is 76.2 cm³/mol. The lowest BCUT2D eigenvalue weighted by Crippen LogP contribution is -1.97. The molecule has 0 aliphatic rings. The number of rotatable bonds is 3. The van der Waals surface area contributed by atoms with Gasteiger partial charge in [0.1, 0.15) is 22.9 Å². The van der Waals surface area contributed by atoms with Gasteiger partial charge in [0.2, 0.25) is 0 Å². The average Bonchev–Trinajstić information content (AvgIpc) is 2.79. The van der Waals surface area contributed by atoms with E-state index in [2.05, 4.69) is 10.4 Å². The molecule has 0 saturated heterocycles. The zero-order chi connectivity index (χ0) is 14.5. The maximum Gasteiger partial charge on any atom is 0.145 e. The van der Waals surface area contributed by atoms with E-state index < -0.39 is 0 Å². The van der Waals surface area contributed by atoms with Gasteiger partial charge in [-0.15, -0.1) is 0 Å². The number of nitrogens with one attached hydrogen (secondary N) is 1. The third-order valence-corrected chi connectivity index (χ3v) is 2.79. The molecule has 6 heteroatoms. The lowest BCUT2D eigenvalue weighted by Gasteiger charge is -2.05. The summed E-state index contributed by atoms with van der Waals surface area (Å²) >= 11 is 6.06. The molecule has 0 atom stereocenters. The Bertz CT molecular complexity index is 712. The highest BCUT2D eigenvalue weighted by molar-refractivity contribution is 6.29. The summed E-state index contributed by atoms with van der Waals surface area (Å²) in [6, 6.07) is 12.6. The van der Waals surface area contributed by atoms with Gasteiger partial charge in [-0.3, -0.25) is 0 Å². The SMILES string of the molecule is Cc1cc(Cl)n(-c2ccc(NC=C(C#N)C#N)cc2)n1. The smallest absolute Gasteiger partial charge is 0.145 e. The number of hydrogen-bond acceptors (Lipinski definition) is 4. The first kappa shape index (κ1) is 13.7. The van der Waals surface area contributed by atoms with Gasteiger partial charge in [0.05, 0.1) is 11.4 Å². The van der Waals surface area contributed by atoms with Gasteiger partial charge in [0, 0.05) is 11.9 Å². The van der Waals surface area contributed by atoms with Crippen LogP contribution in [0, 0.1) is 29.6 Å². The van der Waals surface area contributed by atoms with E-state index in [-0.39, 0.29) is 5.57 Å². The van der Waals surface area contributed by atoms with Gasteiger partial charge < -0.3 is 5.32 Å². The molecule has 0 fully saturated rings. The topological polar surface area (TPSA) is 77.4 Å². The monoisotopic (exact) mass is 283 g/mol. The number of benzene rings is 1. The fraction of sp³-hybridized carbons (Fsp3) is 0.0714. The Kier molecular flexibility index (Phi) is 4.05. The van der Waals surface area contributed by atoms with Crippen molar-refractivity contribution in [2.75, 3.05) is 5.32 Å². The van der Waals surface area contributed by atoms with Crippen LogP contribution >= 0.6 is 11.6 Å². The minimum Gasteiger partial charge on any atom is -0.360 e. The molecule has 0 bridgehead atoms. The quantitative estimate of drug-likeness (QED) is 0.878. The first-order valence-corrected chi connectivity index (χ1v) is 6.11. The second-order valence-corrected chi connectivity index (χ2v) is 4.38. The van der Waals surface area contributed by atoms with Crippen molar-refractivity contribution in [2.45, 2.75) is 6.92 Å². The van der Waals surface area contributed by atoms with Crippen molar-refractivity contribution in [2.24, 2.45) is 0 Å². The number of anilines is 1. The predicted octanol–water partition coefficient (Wildman–Crippen LogP) is 3.18. The minimum absolute atomic E-state index is 0.0137. The molecule has 0 unspecified atom stereocenters. The molecular weight excluding hydrogens is 274 g/mol. The first-order valence-electron chi connectivity index (χ1n) is 5.73. The molecule has 5 nitrogen and oxygen atoms in total. The fourth-order valence-corrected chi connectivity index (χ4v) is 1.89. The normalized spacial score (nSPS) is 9.40. The van der Waals surface area contributed by atoms with E-state index in [4.69, 9.17) is 22.1 Å². The van der Waals surface area contributed by atoms with Crippen LogP contribution in [0.4, 0.5) is 5.69 Å². The van der Waals surface area contributed by atoms with E-state index in [0.717, 1.165) is 17.1 Å². The van der Waals surface area contributed by atoms with Gasteiger partial charge in [0.15, 0.2) is 0 Å². The Morgan fingerprint density at radius 2 is 1.95 bits per heavy atom. The van der Waals surface area contributed by atoms with E-state index in [0.29, 0.717) is 5.15 Å². The van der Waals surface area contributed by atoms with Gasteiger partial charge in [-0.1, -0.05) is 11.6 Å². The second kappa shape index (κ2) is 5.92. The Labute approximate surface area is 121 Å². The summed E-state index contributed by atoms with van der Waals surface area (Å²) in [6.07, 6.45) is 1.36. The molecule has 1 N–H and O–H groups in total. The van der Waals surface area contributed by atoms with Gasteiger partial charge in [0.25, 0.3) is 0 Å². The molecular formula is C14H10ClN5. The molecule has 2 rings (SSSR count). The van der Waals surface area contributed by atoms with Crippen molar-refractivity contribution in [3.05, 3.63) is 53.0 Å². The number of aromatic nitrogens is 2. The van der Waals surface area contributed by atoms with Crippen LogP contribution in [0.15, 0.2) is 42.1 Å². The number of halogens is 1. The largest absolute Gasteiger partial charge is 0.360 e. The first-order chi connectivity index (χ1) is 9.63. The van der Waals surface area contributed by atoms with Crippen molar-refractivity contribution in [1.82, 2.24) is 9.78 Å². The molecule has 0 amide bonds. The molecule has 0 aliphatic carbocycles. The Morgan fingerprint density at radius 3 is 2.45 bits per heavy atom. The van der Waals surface area contributed by atoms with Crippen molar-refractivity contribution in [3.8, 4) is 17.8 Å². The summed E-state index contributed by atoms with van der Waals surface area (Å²) in [4.78, 5) is 0. The average molecular weight is 284 g/mol. The number of hydrogen-bond donors (Lipinski definition) is 1. The highest BCUT2D eigenvalue weighted by Crippen LogP contribution is 2.19. The van der Waals surface area contributed by atoms with Crippen LogP contribution in [-0.2, 0) is 0 Å². The van der Waals surface area contributed by atoms with Crippen LogP contribution < -0.4 is 5.32 Å². The van der Waals surface area contributed by atoms with Crippen molar-refractivity contribution in [1.29, 1.82) is 10.5 Å². The summed E-state index contributed by atoms with van der Waals surface area (Å²) in [7, 11) is 0. The van der Waals surface area contributed by atoms with Crippen LogP contribution in [0.3, 0.4) is 0 Å². The van der Waals surface area contributed by atoms with Crippen molar-refractivity contribution < 1.29 is 0 Å². The lowest BCUT2D eigenvalue weighted by atomic mass is 10.2. The zero-order valence-corrected chi connectivity index (χ0v) is 11.4. The zero-order valence-electron chi connectivity index (χ0n) is 10.6. The fourth-order valence-electron chi connectivity index (χ4n) is 1.59. The summed E-state index contributed by atoms with van der Waals surface area (Å²) in [6.45, 7) is 1.87. The Morgan fingerprint density at radius 1 is 1.30 bits per heavy atom. The highest BCUT2D eigenvalue weighted by atomic mass is 35.5. The van der Waals surface area contributed by atoms with Gasteiger partial charge in [-0.05, 0) is 37.3 Å². The van der Waals surface area contributed by atoms with Gasteiger partial charge >= 0.3 is 0 Å². The lowest BCUT2D eigenvalue weighted by molar-refractivity contribution is 0.863. The number of allylic oxidation sites excluding steroid dienone is 1. The molecule has 1 aromatic heterocycles. The van der Waals surface area contributed by atoms with Crippen LogP contribution in [0.1, 0.15) is 5.69 Å². The molecule has 0 radical (unpaired) electrons. The van der Waals surface area contributed by atoms with E-state index in [1.54, 1.807) is 22.9 Å². The maximum absolute atomic E-state index is 8.62. The maximum atomic E-state index is 8.62.